The molecule has 0 fully saturated rings. The van der Waals surface area contributed by atoms with E-state index >= 15 is 0 Å². The van der Waals surface area contributed by atoms with Crippen molar-refractivity contribution in [2.75, 3.05) is 23.8 Å². The maximum Gasteiger partial charge on any atom is 0.127 e. The van der Waals surface area contributed by atoms with Gasteiger partial charge in [-0.15, -0.1) is 0 Å². The van der Waals surface area contributed by atoms with E-state index in [-0.39, 0.29) is 0 Å². The number of nitrogens with two attached hydrogens (primary N) is 1. The highest BCUT2D eigenvalue weighted by Crippen LogP contribution is 2.36. The molecule has 21 heavy (non-hydrogen) atoms. The predicted octanol–water partition coefficient (Wildman–Crippen LogP) is 3.53. The summed E-state index contributed by atoms with van der Waals surface area (Å²) >= 11 is 3.62. The number of nitrogen functional groups attached to an aromatic ring is 1. The van der Waals surface area contributed by atoms with Gasteiger partial charge in [-0.1, -0.05) is 15.9 Å². The summed E-state index contributed by atoms with van der Waals surface area (Å²) in [7, 11) is 0. The van der Waals surface area contributed by atoms with E-state index in [4.69, 9.17) is 10.5 Å². The molecule has 0 aliphatic carbocycles. The number of hydrogen-bond acceptors (Lipinski definition) is 3. The van der Waals surface area contributed by atoms with Crippen molar-refractivity contribution in [1.29, 1.82) is 0 Å². The van der Waals surface area contributed by atoms with E-state index in [9.17, 15) is 0 Å². The molecule has 0 amide bonds. The van der Waals surface area contributed by atoms with E-state index in [1.54, 1.807) is 0 Å². The molecule has 2 aliphatic rings. The Bertz CT molecular complexity index is 714. The highest BCUT2D eigenvalue weighted by Gasteiger charge is 2.23. The number of ether oxygens (including phenoxy) is 1. The van der Waals surface area contributed by atoms with Crippen LogP contribution in [0.2, 0.25) is 0 Å². The molecule has 3 nitrogen and oxygen atoms in total. The molecule has 0 aromatic heterocycles. The van der Waals surface area contributed by atoms with Gasteiger partial charge >= 0.3 is 0 Å². The van der Waals surface area contributed by atoms with Crippen LogP contribution in [0.25, 0.3) is 0 Å². The molecular formula is C17H17BrN2O. The second kappa shape index (κ2) is 4.95. The predicted molar refractivity (Wildman–Crippen MR) is 88.9 cm³/mol. The first kappa shape index (κ1) is 13.0. The standard InChI is InChI=1S/C17H17BrN2O/c18-14-7-12-4-6-21-17(12)13(8-14)10-20-5-3-11-9-15(19)1-2-16(11)20/h1-2,7-9H,3-6,10,19H2. The Kier molecular flexibility index (Phi) is 3.07. The Morgan fingerprint density at radius 2 is 2.05 bits per heavy atom. The summed E-state index contributed by atoms with van der Waals surface area (Å²) in [6.45, 7) is 2.73. The van der Waals surface area contributed by atoms with Crippen molar-refractivity contribution < 1.29 is 4.74 Å². The average Bonchev–Trinajstić information content (AvgIpc) is 3.05. The molecule has 2 aromatic carbocycles. The molecule has 2 N–H and O–H groups in total. The molecule has 2 aliphatic heterocycles. The molecule has 2 heterocycles. The van der Waals surface area contributed by atoms with Crippen molar-refractivity contribution in [3.63, 3.8) is 0 Å². The molecule has 0 atom stereocenters. The third kappa shape index (κ3) is 2.27. The average molecular weight is 345 g/mol. The van der Waals surface area contributed by atoms with E-state index < -0.39 is 0 Å². The topological polar surface area (TPSA) is 38.5 Å². The van der Waals surface area contributed by atoms with E-state index in [0.29, 0.717) is 0 Å². The number of hydrogen-bond donors (Lipinski definition) is 1. The third-order valence-corrected chi connectivity index (χ3v) is 4.74. The minimum Gasteiger partial charge on any atom is -0.493 e. The van der Waals surface area contributed by atoms with Crippen LogP contribution in [0.15, 0.2) is 34.8 Å². The maximum atomic E-state index is 5.88. The zero-order valence-corrected chi connectivity index (χ0v) is 13.3. The number of nitrogens with zero attached hydrogens (tertiary/aromatic N) is 1. The second-order valence-electron chi connectivity index (χ2n) is 5.71. The van der Waals surface area contributed by atoms with Crippen LogP contribution in [-0.4, -0.2) is 13.2 Å². The van der Waals surface area contributed by atoms with E-state index in [0.717, 1.165) is 48.4 Å². The fraction of sp³-hybridized carbons (Fsp3) is 0.294. The lowest BCUT2D eigenvalue weighted by molar-refractivity contribution is 0.353. The first-order valence-electron chi connectivity index (χ1n) is 7.28. The van der Waals surface area contributed by atoms with Crippen LogP contribution < -0.4 is 15.4 Å². The Morgan fingerprint density at radius 1 is 1.14 bits per heavy atom. The number of anilines is 2. The lowest BCUT2D eigenvalue weighted by Gasteiger charge is -2.21. The van der Waals surface area contributed by atoms with Gasteiger partial charge in [0.05, 0.1) is 6.61 Å². The zero-order chi connectivity index (χ0) is 14.4. The third-order valence-electron chi connectivity index (χ3n) is 4.28. The number of benzene rings is 2. The SMILES string of the molecule is Nc1ccc2c(c1)CCN2Cc1cc(Br)cc2c1OCC2. The molecule has 0 radical (unpaired) electrons. The maximum absolute atomic E-state index is 5.88. The van der Waals surface area contributed by atoms with Crippen molar-refractivity contribution in [3.8, 4) is 5.75 Å². The van der Waals surface area contributed by atoms with E-state index in [2.05, 4.69) is 45.1 Å². The highest BCUT2D eigenvalue weighted by atomic mass is 79.9. The molecule has 4 heteroatoms. The largest absolute Gasteiger partial charge is 0.493 e. The summed E-state index contributed by atoms with van der Waals surface area (Å²) in [5.74, 6) is 1.09. The lowest BCUT2D eigenvalue weighted by atomic mass is 10.1. The molecule has 0 bridgehead atoms. The Balaban J connectivity index is 1.67. The van der Waals surface area contributed by atoms with Crippen molar-refractivity contribution >= 4 is 27.3 Å². The molecular weight excluding hydrogens is 328 g/mol. The smallest absolute Gasteiger partial charge is 0.127 e. The fourth-order valence-electron chi connectivity index (χ4n) is 3.32. The van der Waals surface area contributed by atoms with Crippen molar-refractivity contribution in [3.05, 3.63) is 51.5 Å². The molecule has 4 rings (SSSR count). The first-order chi connectivity index (χ1) is 10.2. The summed E-state index contributed by atoms with van der Waals surface area (Å²) in [6.07, 6.45) is 2.08. The number of fused-ring (bicyclic) bond motifs is 2. The normalized spacial score (nSPS) is 15.8. The van der Waals surface area contributed by atoms with Gasteiger partial charge in [0.2, 0.25) is 0 Å². The van der Waals surface area contributed by atoms with Gasteiger partial charge in [0, 0.05) is 40.9 Å². The monoisotopic (exact) mass is 344 g/mol. The van der Waals surface area contributed by atoms with Crippen molar-refractivity contribution in [2.24, 2.45) is 0 Å². The summed E-state index contributed by atoms with van der Waals surface area (Å²) < 4.78 is 6.97. The fourth-order valence-corrected chi connectivity index (χ4v) is 3.88. The molecule has 0 unspecified atom stereocenters. The van der Waals surface area contributed by atoms with Gasteiger partial charge in [-0.2, -0.15) is 0 Å². The van der Waals surface area contributed by atoms with Crippen LogP contribution in [0.5, 0.6) is 5.75 Å². The zero-order valence-electron chi connectivity index (χ0n) is 11.7. The van der Waals surface area contributed by atoms with Crippen LogP contribution in [-0.2, 0) is 19.4 Å². The van der Waals surface area contributed by atoms with Gasteiger partial charge in [-0.3, -0.25) is 0 Å². The minimum atomic E-state index is 0.798. The van der Waals surface area contributed by atoms with Crippen molar-refractivity contribution in [2.45, 2.75) is 19.4 Å². The van der Waals surface area contributed by atoms with Gasteiger partial charge in [-0.05, 0) is 47.9 Å². The van der Waals surface area contributed by atoms with Gasteiger partial charge in [0.1, 0.15) is 5.75 Å². The summed E-state index contributed by atoms with van der Waals surface area (Å²) in [4.78, 5) is 2.42. The molecule has 0 saturated heterocycles. The summed E-state index contributed by atoms with van der Waals surface area (Å²) in [5.41, 5.74) is 12.0. The number of halogens is 1. The summed E-state index contributed by atoms with van der Waals surface area (Å²) in [5, 5.41) is 0. The van der Waals surface area contributed by atoms with Gasteiger partial charge < -0.3 is 15.4 Å². The van der Waals surface area contributed by atoms with Gasteiger partial charge in [0.25, 0.3) is 0 Å². The van der Waals surface area contributed by atoms with Crippen LogP contribution in [0.4, 0.5) is 11.4 Å². The molecule has 0 saturated carbocycles. The van der Waals surface area contributed by atoms with Gasteiger partial charge in [-0.25, -0.2) is 0 Å². The van der Waals surface area contributed by atoms with Crippen molar-refractivity contribution in [1.82, 2.24) is 0 Å². The quantitative estimate of drug-likeness (QED) is 0.847. The lowest BCUT2D eigenvalue weighted by Crippen LogP contribution is -2.20. The van der Waals surface area contributed by atoms with Crippen LogP contribution in [0, 0.1) is 0 Å². The molecule has 108 valence electrons. The van der Waals surface area contributed by atoms with E-state index in [1.807, 2.05) is 6.07 Å². The highest BCUT2D eigenvalue weighted by molar-refractivity contribution is 9.10. The Morgan fingerprint density at radius 3 is 2.95 bits per heavy atom. The summed E-state index contributed by atoms with van der Waals surface area (Å²) in [6, 6.07) is 10.6. The first-order valence-corrected chi connectivity index (χ1v) is 8.07. The second-order valence-corrected chi connectivity index (χ2v) is 6.63. The molecule has 0 spiro atoms. The Labute approximate surface area is 132 Å². The Hall–Kier alpha value is -1.68. The number of rotatable bonds is 2. The molecule has 2 aromatic rings. The van der Waals surface area contributed by atoms with Crippen LogP contribution in [0.3, 0.4) is 0 Å². The minimum absolute atomic E-state index is 0.798. The van der Waals surface area contributed by atoms with Crippen LogP contribution >= 0.6 is 15.9 Å². The van der Waals surface area contributed by atoms with E-state index in [1.165, 1.54) is 22.4 Å². The van der Waals surface area contributed by atoms with Gasteiger partial charge in [0.15, 0.2) is 0 Å². The van der Waals surface area contributed by atoms with Crippen LogP contribution in [0.1, 0.15) is 16.7 Å².